The minimum absolute atomic E-state index is 0. The summed E-state index contributed by atoms with van der Waals surface area (Å²) in [5.74, 6) is -1.23. The zero-order valence-corrected chi connectivity index (χ0v) is 11.9. The molecule has 1 atom stereocenters. The van der Waals surface area contributed by atoms with E-state index in [0.717, 1.165) is 6.42 Å². The zero-order valence-electron chi connectivity index (χ0n) is 8.81. The second-order valence-electron chi connectivity index (χ2n) is 4.03. The van der Waals surface area contributed by atoms with E-state index in [9.17, 15) is 9.90 Å². The van der Waals surface area contributed by atoms with Crippen LogP contribution in [0, 0.1) is 11.3 Å². The van der Waals surface area contributed by atoms with Gasteiger partial charge in [-0.05, 0) is 11.8 Å². The predicted molar refractivity (Wildman–Crippen MR) is 42.9 cm³/mol. The van der Waals surface area contributed by atoms with E-state index >= 15 is 0 Å². The van der Waals surface area contributed by atoms with Crippen LogP contribution in [0.2, 0.25) is 0 Å². The summed E-state index contributed by atoms with van der Waals surface area (Å²) in [6.07, 6.45) is 1.61. The first-order chi connectivity index (χ1) is 4.89. The number of carbonyl (C=O) groups is 1. The first-order valence-electron chi connectivity index (χ1n) is 4.10. The van der Waals surface area contributed by atoms with E-state index in [1.54, 1.807) is 0 Å². The molecule has 0 N–H and O–H groups in total. The molecule has 0 spiro atoms. The average Bonchev–Trinajstić information content (AvgIpc) is 1.79. The summed E-state index contributed by atoms with van der Waals surface area (Å²) in [5, 5.41) is 10.6. The fourth-order valence-corrected chi connectivity index (χ4v) is 1.19. The Bertz CT molecular complexity index is 138. The van der Waals surface area contributed by atoms with Crippen LogP contribution >= 0.6 is 0 Å². The normalized spacial score (nSPS) is 13.3. The maximum Gasteiger partial charge on any atom is 1.00 e. The van der Waals surface area contributed by atoms with Crippen LogP contribution in [-0.2, 0) is 4.79 Å². The smallest absolute Gasteiger partial charge is 0.550 e. The van der Waals surface area contributed by atoms with E-state index in [1.165, 1.54) is 0 Å². The van der Waals surface area contributed by atoms with E-state index in [-0.39, 0.29) is 62.7 Å². The van der Waals surface area contributed by atoms with Gasteiger partial charge in [-0.25, -0.2) is 0 Å². The SMILES string of the molecule is CCCC(C(=O)[O-])C(C)(C)C.[K+]. The predicted octanol–water partition coefficient (Wildman–Crippen LogP) is -1.80. The van der Waals surface area contributed by atoms with E-state index < -0.39 is 5.97 Å². The van der Waals surface area contributed by atoms with Crippen molar-refractivity contribution in [3.63, 3.8) is 0 Å². The van der Waals surface area contributed by atoms with Crippen LogP contribution in [0.25, 0.3) is 0 Å². The Balaban J connectivity index is 0. The molecule has 12 heavy (non-hydrogen) atoms. The molecule has 3 heteroatoms. The molecule has 0 aromatic carbocycles. The standard InChI is InChI=1S/C9H18O2.K/c1-5-6-7(8(10)11)9(2,3)4;/h7H,5-6H2,1-4H3,(H,10,11);/q;+1/p-1. The third-order valence-electron chi connectivity index (χ3n) is 1.91. The molecular formula is C9H17KO2. The molecule has 0 bridgehead atoms. The summed E-state index contributed by atoms with van der Waals surface area (Å²) in [7, 11) is 0. The Hall–Kier alpha value is 1.11. The molecular weight excluding hydrogens is 179 g/mol. The number of rotatable bonds is 3. The van der Waals surface area contributed by atoms with E-state index in [0.29, 0.717) is 6.42 Å². The van der Waals surface area contributed by atoms with Gasteiger partial charge in [-0.15, -0.1) is 0 Å². The molecule has 0 aliphatic heterocycles. The summed E-state index contributed by atoms with van der Waals surface area (Å²) in [5.41, 5.74) is -0.172. The molecule has 0 radical (unpaired) electrons. The molecule has 0 aromatic rings. The summed E-state index contributed by atoms with van der Waals surface area (Å²) >= 11 is 0. The number of hydrogen-bond donors (Lipinski definition) is 0. The van der Waals surface area contributed by atoms with Crippen molar-refractivity contribution in [3.8, 4) is 0 Å². The van der Waals surface area contributed by atoms with Gasteiger partial charge >= 0.3 is 51.4 Å². The fourth-order valence-electron chi connectivity index (χ4n) is 1.19. The largest absolute Gasteiger partial charge is 1.00 e. The summed E-state index contributed by atoms with van der Waals surface area (Å²) < 4.78 is 0. The molecule has 2 nitrogen and oxygen atoms in total. The molecule has 0 heterocycles. The van der Waals surface area contributed by atoms with Gasteiger partial charge in [0.2, 0.25) is 0 Å². The van der Waals surface area contributed by atoms with Gasteiger partial charge in [0.25, 0.3) is 0 Å². The van der Waals surface area contributed by atoms with Gasteiger partial charge in [0.1, 0.15) is 0 Å². The van der Waals surface area contributed by atoms with Crippen molar-refractivity contribution < 1.29 is 61.3 Å². The van der Waals surface area contributed by atoms with Crippen molar-refractivity contribution in [2.24, 2.45) is 11.3 Å². The molecule has 0 saturated carbocycles. The van der Waals surface area contributed by atoms with Crippen LogP contribution in [0.3, 0.4) is 0 Å². The summed E-state index contributed by atoms with van der Waals surface area (Å²) in [4.78, 5) is 10.6. The summed E-state index contributed by atoms with van der Waals surface area (Å²) in [6.45, 7) is 7.79. The van der Waals surface area contributed by atoms with Crippen LogP contribution in [-0.4, -0.2) is 5.97 Å². The van der Waals surface area contributed by atoms with Gasteiger partial charge in [-0.2, -0.15) is 0 Å². The quantitative estimate of drug-likeness (QED) is 0.500. The van der Waals surface area contributed by atoms with Crippen molar-refractivity contribution in [3.05, 3.63) is 0 Å². The Labute approximate surface area is 118 Å². The van der Waals surface area contributed by atoms with Gasteiger partial charge in [-0.1, -0.05) is 34.1 Å². The van der Waals surface area contributed by atoms with Crippen molar-refractivity contribution in [1.29, 1.82) is 0 Å². The minimum Gasteiger partial charge on any atom is -0.550 e. The fraction of sp³-hybridized carbons (Fsp3) is 0.889. The molecule has 66 valence electrons. The van der Waals surface area contributed by atoms with Gasteiger partial charge in [-0.3, -0.25) is 0 Å². The minimum atomic E-state index is -0.917. The maximum absolute atomic E-state index is 10.6. The van der Waals surface area contributed by atoms with Crippen molar-refractivity contribution in [1.82, 2.24) is 0 Å². The Morgan fingerprint density at radius 1 is 1.42 bits per heavy atom. The molecule has 0 saturated heterocycles. The Morgan fingerprint density at radius 2 is 1.83 bits per heavy atom. The monoisotopic (exact) mass is 196 g/mol. The van der Waals surface area contributed by atoms with Crippen LogP contribution in [0.15, 0.2) is 0 Å². The average molecular weight is 196 g/mol. The number of carboxylic acids is 1. The third-order valence-corrected chi connectivity index (χ3v) is 1.91. The topological polar surface area (TPSA) is 40.1 Å². The number of hydrogen-bond acceptors (Lipinski definition) is 2. The van der Waals surface area contributed by atoms with Crippen molar-refractivity contribution in [2.75, 3.05) is 0 Å². The molecule has 0 aliphatic carbocycles. The molecule has 0 aromatic heterocycles. The van der Waals surface area contributed by atoms with Crippen LogP contribution in [0.1, 0.15) is 40.5 Å². The molecule has 0 aliphatic rings. The van der Waals surface area contributed by atoms with Crippen LogP contribution < -0.4 is 56.5 Å². The first-order valence-corrected chi connectivity index (χ1v) is 4.10. The first kappa shape index (κ1) is 15.6. The molecule has 0 rings (SSSR count). The molecule has 0 fully saturated rings. The van der Waals surface area contributed by atoms with E-state index in [4.69, 9.17) is 0 Å². The zero-order chi connectivity index (χ0) is 9.07. The number of carboxylic acid groups (broad SMARTS) is 1. The Morgan fingerprint density at radius 3 is 1.92 bits per heavy atom. The van der Waals surface area contributed by atoms with Gasteiger partial charge in [0.05, 0.1) is 0 Å². The second kappa shape index (κ2) is 6.54. The van der Waals surface area contributed by atoms with Crippen molar-refractivity contribution in [2.45, 2.75) is 40.5 Å². The Kier molecular flexibility index (Phi) is 8.49. The third kappa shape index (κ3) is 5.70. The second-order valence-corrected chi connectivity index (χ2v) is 4.03. The molecule has 0 amide bonds. The van der Waals surface area contributed by atoms with Gasteiger partial charge < -0.3 is 9.90 Å². The van der Waals surface area contributed by atoms with E-state index in [2.05, 4.69) is 0 Å². The van der Waals surface area contributed by atoms with Crippen LogP contribution in [0.5, 0.6) is 0 Å². The van der Waals surface area contributed by atoms with Crippen LogP contribution in [0.4, 0.5) is 0 Å². The number of aliphatic carboxylic acids is 1. The summed E-state index contributed by atoms with van der Waals surface area (Å²) in [6, 6.07) is 0. The van der Waals surface area contributed by atoms with Gasteiger partial charge in [0.15, 0.2) is 0 Å². The van der Waals surface area contributed by atoms with Crippen molar-refractivity contribution >= 4 is 5.97 Å². The molecule has 1 unspecified atom stereocenters. The maximum atomic E-state index is 10.6. The number of carbonyl (C=O) groups excluding carboxylic acids is 1. The van der Waals surface area contributed by atoms with E-state index in [1.807, 2.05) is 27.7 Å². The van der Waals surface area contributed by atoms with Gasteiger partial charge in [0, 0.05) is 11.9 Å².